The van der Waals surface area contributed by atoms with Gasteiger partial charge in [-0.3, -0.25) is 19.9 Å². The van der Waals surface area contributed by atoms with Crippen LogP contribution in [0.4, 0.5) is 14.9 Å². The van der Waals surface area contributed by atoms with E-state index in [9.17, 15) is 18.8 Å². The van der Waals surface area contributed by atoms with E-state index in [4.69, 9.17) is 0 Å². The van der Waals surface area contributed by atoms with E-state index in [0.29, 0.717) is 17.7 Å². The molecule has 8 heteroatoms. The summed E-state index contributed by atoms with van der Waals surface area (Å²) in [6, 6.07) is 15.2. The molecule has 0 radical (unpaired) electrons. The Morgan fingerprint density at radius 1 is 0.906 bits per heavy atom. The lowest BCUT2D eigenvalue weighted by Gasteiger charge is -2.39. The van der Waals surface area contributed by atoms with E-state index in [2.05, 4.69) is 26.2 Å². The van der Waals surface area contributed by atoms with Crippen LogP contribution in [0.25, 0.3) is 0 Å². The largest absolute Gasteiger partial charge is 0.335 e. The molecule has 1 unspecified atom stereocenters. The van der Waals surface area contributed by atoms with Gasteiger partial charge in [0.15, 0.2) is 0 Å². The highest BCUT2D eigenvalue weighted by atomic mass is 79.9. The number of barbiturate groups is 1. The fourth-order valence-electron chi connectivity index (χ4n) is 3.82. The Morgan fingerprint density at radius 3 is 2.22 bits per heavy atom. The molecular formula is C24H19BrFN3O3. The number of carbonyl (C=O) groups excluding carboxylic acids is 3. The minimum atomic E-state index is -1.54. The van der Waals surface area contributed by atoms with Crippen molar-refractivity contribution in [2.75, 3.05) is 4.90 Å². The van der Waals surface area contributed by atoms with Crippen LogP contribution in [0.15, 0.2) is 77.5 Å². The van der Waals surface area contributed by atoms with Crippen LogP contribution in [0.2, 0.25) is 0 Å². The third-order valence-corrected chi connectivity index (χ3v) is 6.09. The summed E-state index contributed by atoms with van der Waals surface area (Å²) < 4.78 is 14.2. The number of hydrogen-bond acceptors (Lipinski definition) is 4. The van der Waals surface area contributed by atoms with Gasteiger partial charge >= 0.3 is 6.03 Å². The molecule has 32 heavy (non-hydrogen) atoms. The number of halogens is 2. The smallest absolute Gasteiger partial charge is 0.276 e. The van der Waals surface area contributed by atoms with E-state index in [-0.39, 0.29) is 12.8 Å². The zero-order valence-electron chi connectivity index (χ0n) is 16.9. The van der Waals surface area contributed by atoms with Crippen LogP contribution in [0.5, 0.6) is 0 Å². The summed E-state index contributed by atoms with van der Waals surface area (Å²) >= 11 is 3.34. The SMILES string of the molecule is O=C1NC(=O)C(CCc2ccncc2)(Cc2ccc(F)cc2)C(=O)N1c1ccc(Br)cc1. The van der Waals surface area contributed by atoms with Crippen molar-refractivity contribution in [3.63, 3.8) is 0 Å². The third-order valence-electron chi connectivity index (χ3n) is 5.56. The maximum Gasteiger partial charge on any atom is 0.335 e. The number of nitrogens with zero attached hydrogens (tertiary/aromatic N) is 2. The van der Waals surface area contributed by atoms with Crippen molar-refractivity contribution in [1.82, 2.24) is 10.3 Å². The maximum absolute atomic E-state index is 13.8. The van der Waals surface area contributed by atoms with Gasteiger partial charge in [-0.15, -0.1) is 0 Å². The Hall–Kier alpha value is -3.39. The molecule has 0 bridgehead atoms. The molecule has 4 amide bonds. The third kappa shape index (κ3) is 4.31. The monoisotopic (exact) mass is 495 g/mol. The molecule has 1 aliphatic rings. The highest BCUT2D eigenvalue weighted by molar-refractivity contribution is 9.10. The minimum absolute atomic E-state index is 0.0311. The Bertz CT molecular complexity index is 1150. The lowest BCUT2D eigenvalue weighted by atomic mass is 9.73. The fraction of sp³-hybridized carbons (Fsp3) is 0.167. The van der Waals surface area contributed by atoms with E-state index in [0.717, 1.165) is 14.9 Å². The second-order valence-electron chi connectivity index (χ2n) is 7.62. The molecule has 1 saturated heterocycles. The van der Waals surface area contributed by atoms with Gasteiger partial charge in [-0.1, -0.05) is 28.1 Å². The Labute approximate surface area is 192 Å². The Kier molecular flexibility index (Phi) is 6.14. The lowest BCUT2D eigenvalue weighted by Crippen LogP contribution is -2.65. The molecule has 0 aliphatic carbocycles. The van der Waals surface area contributed by atoms with Crippen molar-refractivity contribution in [3.8, 4) is 0 Å². The van der Waals surface area contributed by atoms with Gasteiger partial charge in [-0.2, -0.15) is 0 Å². The lowest BCUT2D eigenvalue weighted by molar-refractivity contribution is -0.143. The molecule has 3 aromatic rings. The topological polar surface area (TPSA) is 79.4 Å². The number of nitrogens with one attached hydrogen (secondary N) is 1. The standard InChI is InChI=1S/C24H19BrFN3O3/c25-18-3-7-20(8-4-18)29-22(31)24(21(30)28-23(29)32,12-9-16-10-13-27-14-11-16)15-17-1-5-19(26)6-2-17/h1-8,10-11,13-14H,9,12,15H2,(H,28,30,32). The number of amides is 4. The van der Waals surface area contributed by atoms with Crippen molar-refractivity contribution >= 4 is 39.5 Å². The van der Waals surface area contributed by atoms with Gasteiger partial charge in [-0.25, -0.2) is 14.1 Å². The van der Waals surface area contributed by atoms with Crippen LogP contribution in [-0.2, 0) is 22.4 Å². The van der Waals surface area contributed by atoms with Crippen LogP contribution < -0.4 is 10.2 Å². The van der Waals surface area contributed by atoms with Crippen LogP contribution in [-0.4, -0.2) is 22.8 Å². The van der Waals surface area contributed by atoms with Gasteiger partial charge in [-0.05, 0) is 78.9 Å². The minimum Gasteiger partial charge on any atom is -0.276 e. The number of pyridine rings is 1. The summed E-state index contributed by atoms with van der Waals surface area (Å²) in [5.74, 6) is -1.67. The van der Waals surface area contributed by atoms with E-state index in [1.807, 2.05) is 12.1 Å². The highest BCUT2D eigenvalue weighted by Crippen LogP contribution is 2.37. The normalized spacial score (nSPS) is 18.6. The van der Waals surface area contributed by atoms with Crippen LogP contribution in [0.1, 0.15) is 17.5 Å². The van der Waals surface area contributed by atoms with Crippen LogP contribution in [0, 0.1) is 11.2 Å². The first-order chi connectivity index (χ1) is 15.4. The first-order valence-corrected chi connectivity index (χ1v) is 10.8. The van der Waals surface area contributed by atoms with Crippen LogP contribution >= 0.6 is 15.9 Å². The van der Waals surface area contributed by atoms with Gasteiger partial charge in [0, 0.05) is 16.9 Å². The van der Waals surface area contributed by atoms with E-state index in [1.54, 1.807) is 48.8 Å². The highest BCUT2D eigenvalue weighted by Gasteiger charge is 2.53. The maximum atomic E-state index is 13.8. The summed E-state index contributed by atoms with van der Waals surface area (Å²) in [6.07, 6.45) is 3.90. The number of benzene rings is 2. The van der Waals surface area contributed by atoms with E-state index in [1.165, 1.54) is 12.1 Å². The number of urea groups is 1. The molecule has 6 nitrogen and oxygen atoms in total. The molecule has 1 aromatic heterocycles. The number of anilines is 1. The van der Waals surface area contributed by atoms with Crippen LogP contribution in [0.3, 0.4) is 0 Å². The predicted molar refractivity (Wildman–Crippen MR) is 120 cm³/mol. The van der Waals surface area contributed by atoms with Crippen molar-refractivity contribution < 1.29 is 18.8 Å². The number of rotatable bonds is 6. The Balaban J connectivity index is 1.75. The quantitative estimate of drug-likeness (QED) is 0.513. The summed E-state index contributed by atoms with van der Waals surface area (Å²) in [7, 11) is 0. The van der Waals surface area contributed by atoms with Gasteiger partial charge in [0.25, 0.3) is 5.91 Å². The van der Waals surface area contributed by atoms with Crippen molar-refractivity contribution in [1.29, 1.82) is 0 Å². The Morgan fingerprint density at radius 2 is 1.56 bits per heavy atom. The second-order valence-corrected chi connectivity index (χ2v) is 8.53. The molecule has 0 saturated carbocycles. The van der Waals surface area contributed by atoms with Crippen molar-refractivity contribution in [2.45, 2.75) is 19.3 Å². The molecule has 1 atom stereocenters. The average Bonchev–Trinajstić information content (AvgIpc) is 2.79. The molecule has 0 spiro atoms. The zero-order chi connectivity index (χ0) is 22.7. The second kappa shape index (κ2) is 9.00. The number of imide groups is 2. The number of aromatic nitrogens is 1. The molecule has 2 heterocycles. The van der Waals surface area contributed by atoms with Gasteiger partial charge in [0.1, 0.15) is 11.2 Å². The summed E-state index contributed by atoms with van der Waals surface area (Å²) in [6.45, 7) is 0. The molecule has 1 N–H and O–H groups in total. The number of aryl methyl sites for hydroxylation is 1. The fourth-order valence-corrected chi connectivity index (χ4v) is 4.09. The summed E-state index contributed by atoms with van der Waals surface area (Å²) in [4.78, 5) is 44.6. The number of carbonyl (C=O) groups is 3. The molecule has 1 fully saturated rings. The molecular weight excluding hydrogens is 477 g/mol. The summed E-state index contributed by atoms with van der Waals surface area (Å²) in [5, 5.41) is 2.36. The van der Waals surface area contributed by atoms with E-state index < -0.39 is 29.1 Å². The first-order valence-electron chi connectivity index (χ1n) is 9.98. The first kappa shape index (κ1) is 21.8. The molecule has 1 aliphatic heterocycles. The molecule has 162 valence electrons. The average molecular weight is 496 g/mol. The van der Waals surface area contributed by atoms with E-state index >= 15 is 0 Å². The number of hydrogen-bond donors (Lipinski definition) is 1. The summed E-state index contributed by atoms with van der Waals surface area (Å²) in [5.41, 5.74) is 0.346. The van der Waals surface area contributed by atoms with Crippen molar-refractivity contribution in [2.24, 2.45) is 5.41 Å². The molecule has 2 aromatic carbocycles. The van der Waals surface area contributed by atoms with Crippen molar-refractivity contribution in [3.05, 3.63) is 94.5 Å². The molecule has 4 rings (SSSR count). The zero-order valence-corrected chi connectivity index (χ0v) is 18.5. The van der Waals surface area contributed by atoms with Gasteiger partial charge in [0.2, 0.25) is 5.91 Å². The van der Waals surface area contributed by atoms with Gasteiger partial charge in [0.05, 0.1) is 5.69 Å². The van der Waals surface area contributed by atoms with Gasteiger partial charge < -0.3 is 0 Å². The predicted octanol–water partition coefficient (Wildman–Crippen LogP) is 4.43.